The summed E-state index contributed by atoms with van der Waals surface area (Å²) in [5.74, 6) is -0.422. The van der Waals surface area contributed by atoms with Gasteiger partial charge in [0.2, 0.25) is 5.88 Å². The van der Waals surface area contributed by atoms with Crippen LogP contribution in [0.5, 0.6) is 5.88 Å². The Morgan fingerprint density at radius 3 is 2.62 bits per heavy atom. The Labute approximate surface area is 92.1 Å². The summed E-state index contributed by atoms with van der Waals surface area (Å²) in [7, 11) is 0. The Morgan fingerprint density at radius 2 is 2.12 bits per heavy atom. The zero-order valence-electron chi connectivity index (χ0n) is 9.33. The van der Waals surface area contributed by atoms with Crippen LogP contribution in [0.1, 0.15) is 32.3 Å². The summed E-state index contributed by atoms with van der Waals surface area (Å²) in [6.07, 6.45) is 1.58. The van der Waals surface area contributed by atoms with Gasteiger partial charge in [-0.3, -0.25) is 14.3 Å². The highest BCUT2D eigenvalue weighted by Gasteiger charge is 2.14. The number of hydrogen-bond acceptors (Lipinski definition) is 4. The van der Waals surface area contributed by atoms with E-state index in [2.05, 4.69) is 4.98 Å². The molecule has 88 valence electrons. The first-order valence-electron chi connectivity index (χ1n) is 5.10. The van der Waals surface area contributed by atoms with Crippen LogP contribution in [0.2, 0.25) is 0 Å². The molecule has 0 saturated carbocycles. The molecule has 3 N–H and O–H groups in total. The summed E-state index contributed by atoms with van der Waals surface area (Å²) in [5.41, 5.74) is -1.57. The molecule has 1 aromatic heterocycles. The fraction of sp³-hybridized carbons (Fsp3) is 0.500. The monoisotopic (exact) mass is 225 g/mol. The molecular weight excluding hydrogens is 210 g/mol. The number of H-pyrrole nitrogens is 1. The lowest BCUT2D eigenvalue weighted by molar-refractivity contribution is 0.394. The molecule has 0 aliphatic rings. The van der Waals surface area contributed by atoms with E-state index in [0.717, 1.165) is 17.4 Å². The van der Waals surface area contributed by atoms with E-state index in [1.807, 2.05) is 6.92 Å². The van der Waals surface area contributed by atoms with E-state index in [1.54, 1.807) is 0 Å². The molecule has 0 amide bonds. The van der Waals surface area contributed by atoms with Gasteiger partial charge in [-0.1, -0.05) is 13.3 Å². The predicted molar refractivity (Wildman–Crippen MR) is 60.4 cm³/mol. The van der Waals surface area contributed by atoms with Crippen LogP contribution in [-0.2, 0) is 6.54 Å². The molecule has 0 radical (unpaired) electrons. The lowest BCUT2D eigenvalue weighted by atomic mass is 10.2. The molecule has 0 aromatic carbocycles. The number of unbranched alkanes of at least 4 members (excludes halogenated alkanes) is 1. The van der Waals surface area contributed by atoms with Crippen molar-refractivity contribution in [2.24, 2.45) is 0 Å². The van der Waals surface area contributed by atoms with E-state index in [0.29, 0.717) is 6.54 Å². The second-order valence-corrected chi connectivity index (χ2v) is 3.59. The molecule has 0 fully saturated rings. The fourth-order valence-electron chi connectivity index (χ4n) is 1.42. The summed E-state index contributed by atoms with van der Waals surface area (Å²) in [4.78, 5) is 24.9. The van der Waals surface area contributed by atoms with Crippen molar-refractivity contribution in [1.82, 2.24) is 9.55 Å². The molecule has 0 spiro atoms. The highest BCUT2D eigenvalue weighted by Crippen LogP contribution is 2.11. The Hall–Kier alpha value is -1.85. The van der Waals surface area contributed by atoms with Crippen LogP contribution in [0.3, 0.4) is 0 Å². The van der Waals surface area contributed by atoms with E-state index in [4.69, 9.17) is 5.41 Å². The average molecular weight is 225 g/mol. The summed E-state index contributed by atoms with van der Waals surface area (Å²) in [5, 5.41) is 17.1. The van der Waals surface area contributed by atoms with Crippen LogP contribution in [0.15, 0.2) is 9.59 Å². The van der Waals surface area contributed by atoms with E-state index < -0.39 is 17.1 Å². The van der Waals surface area contributed by atoms with Gasteiger partial charge in [0, 0.05) is 12.3 Å². The number of hydrogen-bond donors (Lipinski definition) is 3. The molecule has 0 atom stereocenters. The van der Waals surface area contributed by atoms with E-state index >= 15 is 0 Å². The Balaban J connectivity index is 3.39. The van der Waals surface area contributed by atoms with Gasteiger partial charge in [-0.25, -0.2) is 4.79 Å². The summed E-state index contributed by atoms with van der Waals surface area (Å²) in [6.45, 7) is 3.67. The van der Waals surface area contributed by atoms with Gasteiger partial charge >= 0.3 is 5.69 Å². The van der Waals surface area contributed by atoms with Gasteiger partial charge in [-0.2, -0.15) is 0 Å². The van der Waals surface area contributed by atoms with Gasteiger partial charge in [0.1, 0.15) is 5.56 Å². The van der Waals surface area contributed by atoms with E-state index in [9.17, 15) is 14.7 Å². The van der Waals surface area contributed by atoms with E-state index in [-0.39, 0.29) is 11.3 Å². The molecule has 6 nitrogen and oxygen atoms in total. The van der Waals surface area contributed by atoms with Crippen molar-refractivity contribution in [3.05, 3.63) is 26.4 Å². The number of rotatable bonds is 4. The molecule has 0 bridgehead atoms. The van der Waals surface area contributed by atoms with Crippen molar-refractivity contribution < 1.29 is 5.11 Å². The molecule has 0 unspecified atom stereocenters. The first-order chi connectivity index (χ1) is 7.49. The normalized spacial score (nSPS) is 10.4. The quantitative estimate of drug-likeness (QED) is 0.648. The molecule has 0 aliphatic carbocycles. The molecule has 0 aliphatic heterocycles. The Bertz CT molecular complexity index is 513. The van der Waals surface area contributed by atoms with Gasteiger partial charge < -0.3 is 10.5 Å². The molecule has 1 heterocycles. The highest BCUT2D eigenvalue weighted by molar-refractivity contribution is 5.97. The topological polar surface area (TPSA) is 98.9 Å². The Kier molecular flexibility index (Phi) is 3.65. The van der Waals surface area contributed by atoms with Crippen LogP contribution < -0.4 is 11.2 Å². The highest BCUT2D eigenvalue weighted by atomic mass is 16.3. The van der Waals surface area contributed by atoms with Crippen LogP contribution in [0, 0.1) is 5.41 Å². The summed E-state index contributed by atoms with van der Waals surface area (Å²) in [6, 6.07) is 0. The van der Waals surface area contributed by atoms with Gasteiger partial charge in [0.15, 0.2) is 0 Å². The Morgan fingerprint density at radius 1 is 1.50 bits per heavy atom. The van der Waals surface area contributed by atoms with Crippen molar-refractivity contribution in [2.45, 2.75) is 33.2 Å². The molecular formula is C10H15N3O3. The molecule has 1 aromatic rings. The van der Waals surface area contributed by atoms with Gasteiger partial charge in [-0.15, -0.1) is 0 Å². The minimum absolute atomic E-state index is 0.0657. The first-order valence-corrected chi connectivity index (χ1v) is 5.10. The average Bonchev–Trinajstić information content (AvgIpc) is 2.16. The van der Waals surface area contributed by atoms with E-state index in [1.165, 1.54) is 6.92 Å². The molecule has 6 heteroatoms. The zero-order chi connectivity index (χ0) is 12.3. The second-order valence-electron chi connectivity index (χ2n) is 3.59. The lowest BCUT2D eigenvalue weighted by Crippen LogP contribution is -2.33. The smallest absolute Gasteiger partial charge is 0.331 e. The summed E-state index contributed by atoms with van der Waals surface area (Å²) < 4.78 is 1.08. The van der Waals surface area contributed by atoms with Crippen LogP contribution in [0.25, 0.3) is 0 Å². The van der Waals surface area contributed by atoms with Crippen molar-refractivity contribution in [3.8, 4) is 5.88 Å². The van der Waals surface area contributed by atoms with Crippen LogP contribution in [-0.4, -0.2) is 20.4 Å². The maximum absolute atomic E-state index is 11.4. The predicted octanol–water partition coefficient (Wildman–Crippen LogP) is 0.430. The first kappa shape index (κ1) is 12.2. The van der Waals surface area contributed by atoms with Crippen LogP contribution in [0.4, 0.5) is 0 Å². The van der Waals surface area contributed by atoms with Crippen molar-refractivity contribution in [1.29, 1.82) is 5.41 Å². The number of aromatic nitrogens is 2. The lowest BCUT2D eigenvalue weighted by Gasteiger charge is -2.09. The maximum Gasteiger partial charge on any atom is 0.331 e. The third-order valence-electron chi connectivity index (χ3n) is 2.28. The third kappa shape index (κ3) is 2.21. The SMILES string of the molecule is CCCCn1c(O)c(C(C)=N)c(=O)[nH]c1=O. The minimum atomic E-state index is -0.720. The minimum Gasteiger partial charge on any atom is -0.494 e. The zero-order valence-corrected chi connectivity index (χ0v) is 9.33. The molecule has 0 saturated heterocycles. The second kappa shape index (κ2) is 4.78. The number of aromatic amines is 1. The fourth-order valence-corrected chi connectivity index (χ4v) is 1.42. The van der Waals surface area contributed by atoms with Crippen LogP contribution >= 0.6 is 0 Å². The third-order valence-corrected chi connectivity index (χ3v) is 2.28. The molecule has 1 rings (SSSR count). The van der Waals surface area contributed by atoms with Gasteiger partial charge in [0.25, 0.3) is 5.56 Å². The van der Waals surface area contributed by atoms with Crippen molar-refractivity contribution in [2.75, 3.05) is 0 Å². The number of nitrogens with zero attached hydrogens (tertiary/aromatic N) is 1. The van der Waals surface area contributed by atoms with Gasteiger partial charge in [0.05, 0.1) is 0 Å². The van der Waals surface area contributed by atoms with Crippen molar-refractivity contribution >= 4 is 5.71 Å². The standard InChI is InChI=1S/C10H15N3O3/c1-3-4-5-13-9(15)7(6(2)11)8(14)12-10(13)16/h11,15H,3-5H2,1-2H3,(H,12,14,16). The number of aromatic hydroxyl groups is 1. The largest absolute Gasteiger partial charge is 0.494 e. The van der Waals surface area contributed by atoms with Crippen molar-refractivity contribution in [3.63, 3.8) is 0 Å². The summed E-state index contributed by atoms with van der Waals surface area (Å²) >= 11 is 0. The van der Waals surface area contributed by atoms with Gasteiger partial charge in [-0.05, 0) is 13.3 Å². The maximum atomic E-state index is 11.4. The number of nitrogens with one attached hydrogen (secondary N) is 2. The molecule has 16 heavy (non-hydrogen) atoms.